The largest absolute Gasteiger partial charge is 0.394 e. The smallest absolute Gasteiger partial charge is 0.253 e. The number of anilines is 1. The highest BCUT2D eigenvalue weighted by Crippen LogP contribution is 2.44. The van der Waals surface area contributed by atoms with Crippen molar-refractivity contribution in [3.05, 3.63) is 42.0 Å². The Hall–Kier alpha value is -4.71. The van der Waals surface area contributed by atoms with Crippen LogP contribution in [-0.4, -0.2) is 163 Å². The van der Waals surface area contributed by atoms with Crippen LogP contribution in [0.2, 0.25) is 0 Å². The number of unbranched alkanes of at least 4 members (excludes halogenated alkanes) is 2. The number of benzene rings is 1. The summed E-state index contributed by atoms with van der Waals surface area (Å²) in [7, 11) is 6.81. The lowest BCUT2D eigenvalue weighted by Gasteiger charge is -2.41. The summed E-state index contributed by atoms with van der Waals surface area (Å²) >= 11 is 0. The number of likely N-dealkylation sites (N-methyl/N-ethyl adjacent to an activating group) is 2. The molecule has 1 aliphatic carbocycles. The van der Waals surface area contributed by atoms with Gasteiger partial charge in [0.15, 0.2) is 0 Å². The first-order chi connectivity index (χ1) is 31.9. The van der Waals surface area contributed by atoms with Crippen LogP contribution in [0.15, 0.2) is 36.4 Å². The fourth-order valence-corrected chi connectivity index (χ4v) is 10.6. The van der Waals surface area contributed by atoms with E-state index in [2.05, 4.69) is 20.9 Å². The molecule has 1 aromatic rings. The molecule has 0 spiro atoms. The van der Waals surface area contributed by atoms with Gasteiger partial charge >= 0.3 is 0 Å². The third kappa shape index (κ3) is 13.1. The van der Waals surface area contributed by atoms with E-state index in [4.69, 9.17) is 9.47 Å². The SMILES string of the molecule is CC[C@H](C)[C@@H]([C@@H](CC(=O)N1CCC[C@H]1[C@H](OC)[C@@H](C)C(=O)N[C@H](CO)Cc1cccc(NC(=O)CCCCCN2C(=O)C=CC2=O)c1)OC)N(C)C(=O)[C@@H](NC(=O)[C@@H]1C2CC(C2)N1C)C(C)C. The number of likely N-dealkylation sites (tertiary alicyclic amines) is 1. The number of rotatable bonds is 26. The van der Waals surface area contributed by atoms with Gasteiger partial charge < -0.3 is 40.3 Å². The van der Waals surface area contributed by atoms with Crippen molar-refractivity contribution in [2.75, 3.05) is 53.3 Å². The second-order valence-corrected chi connectivity index (χ2v) is 19.6. The monoisotopic (exact) mass is 936 g/mol. The third-order valence-corrected chi connectivity index (χ3v) is 14.8. The molecule has 2 bridgehead atoms. The normalized spacial score (nSPS) is 23.3. The predicted molar refractivity (Wildman–Crippen MR) is 253 cm³/mol. The average Bonchev–Trinajstić information content (AvgIpc) is 4.06. The number of methoxy groups -OCH3 is 2. The number of fused-ring (bicyclic) bond motifs is 1. The summed E-state index contributed by atoms with van der Waals surface area (Å²) in [5.74, 6) is -2.22. The summed E-state index contributed by atoms with van der Waals surface area (Å²) in [6.45, 7) is 10.2. The van der Waals surface area contributed by atoms with Gasteiger partial charge in [0.05, 0.1) is 55.3 Å². The number of nitrogens with one attached hydrogen (secondary N) is 3. The van der Waals surface area contributed by atoms with Crippen molar-refractivity contribution in [3.8, 4) is 0 Å². The first-order valence-corrected chi connectivity index (χ1v) is 24.4. The van der Waals surface area contributed by atoms with Gasteiger partial charge in [0.25, 0.3) is 11.8 Å². The molecule has 0 unspecified atom stereocenters. The lowest BCUT2D eigenvalue weighted by molar-refractivity contribution is -0.148. The molecule has 4 N–H and O–H groups in total. The maximum Gasteiger partial charge on any atom is 0.253 e. The molecule has 6 rings (SSSR count). The van der Waals surface area contributed by atoms with Crippen LogP contribution in [0, 0.1) is 23.7 Å². The van der Waals surface area contributed by atoms with Gasteiger partial charge in [0.1, 0.15) is 6.04 Å². The van der Waals surface area contributed by atoms with Gasteiger partial charge in [-0.05, 0) is 87.4 Å². The summed E-state index contributed by atoms with van der Waals surface area (Å²) in [5.41, 5.74) is 1.38. The van der Waals surface area contributed by atoms with Crippen molar-refractivity contribution >= 4 is 47.0 Å². The van der Waals surface area contributed by atoms with Gasteiger partial charge in [0, 0.05) is 64.7 Å². The highest BCUT2D eigenvalue weighted by Gasteiger charge is 2.52. The van der Waals surface area contributed by atoms with Gasteiger partial charge in [-0.15, -0.1) is 0 Å². The maximum atomic E-state index is 14.4. The Bertz CT molecular complexity index is 1920. The van der Waals surface area contributed by atoms with E-state index in [1.165, 1.54) is 24.2 Å². The van der Waals surface area contributed by atoms with Crippen molar-refractivity contribution < 1.29 is 48.1 Å². The van der Waals surface area contributed by atoms with Crippen molar-refractivity contribution in [3.63, 3.8) is 0 Å². The molecule has 17 nitrogen and oxygen atoms in total. The fraction of sp³-hybridized carbons (Fsp3) is 0.700. The molecule has 4 heterocycles. The Kier molecular flexibility index (Phi) is 19.5. The van der Waals surface area contributed by atoms with Gasteiger partial charge in [-0.3, -0.25) is 43.4 Å². The molecule has 0 radical (unpaired) electrons. The molecule has 17 heteroatoms. The number of imide groups is 1. The third-order valence-electron chi connectivity index (χ3n) is 14.8. The number of hydrogen-bond donors (Lipinski definition) is 4. The van der Waals surface area contributed by atoms with Gasteiger partial charge in [0.2, 0.25) is 29.5 Å². The molecule has 1 saturated carbocycles. The van der Waals surface area contributed by atoms with E-state index >= 15 is 0 Å². The Labute approximate surface area is 397 Å². The van der Waals surface area contributed by atoms with Crippen LogP contribution in [0.4, 0.5) is 5.69 Å². The maximum absolute atomic E-state index is 14.4. The number of amides is 7. The minimum atomic E-state index is -0.744. The van der Waals surface area contributed by atoms with Crippen LogP contribution in [-0.2, 0) is 49.5 Å². The second-order valence-electron chi connectivity index (χ2n) is 19.6. The number of carbonyl (C=O) groups is 7. The van der Waals surface area contributed by atoms with E-state index in [9.17, 15) is 38.7 Å². The average molecular weight is 936 g/mol. The molecular weight excluding hydrogens is 859 g/mol. The summed E-state index contributed by atoms with van der Waals surface area (Å²) in [6, 6.07) is 5.16. The number of hydrogen-bond acceptors (Lipinski definition) is 11. The number of nitrogens with zero attached hydrogens (tertiary/aromatic N) is 4. The lowest BCUT2D eigenvalue weighted by atomic mass is 9.82. The van der Waals surface area contributed by atoms with E-state index in [1.54, 1.807) is 49.1 Å². The predicted octanol–water partition coefficient (Wildman–Crippen LogP) is 3.28. The van der Waals surface area contributed by atoms with Crippen LogP contribution in [0.3, 0.4) is 0 Å². The molecule has 67 heavy (non-hydrogen) atoms. The van der Waals surface area contributed by atoms with Crippen LogP contribution in [0.5, 0.6) is 0 Å². The lowest BCUT2D eigenvalue weighted by Crippen LogP contribution is -2.59. The highest BCUT2D eigenvalue weighted by molar-refractivity contribution is 6.12. The first kappa shape index (κ1) is 53.2. The number of carbonyl (C=O) groups excluding carboxylic acids is 7. The summed E-state index contributed by atoms with van der Waals surface area (Å²) < 4.78 is 12.0. The highest BCUT2D eigenvalue weighted by atomic mass is 16.5. The molecule has 5 aliphatic rings. The quantitative estimate of drug-likeness (QED) is 0.0784. The Balaban J connectivity index is 1.15. The molecule has 3 saturated heterocycles. The van der Waals surface area contributed by atoms with Crippen molar-refractivity contribution in [1.82, 2.24) is 30.2 Å². The molecule has 372 valence electrons. The zero-order chi connectivity index (χ0) is 49.1. The van der Waals surface area contributed by atoms with Crippen molar-refractivity contribution in [1.29, 1.82) is 0 Å². The number of ether oxygens (including phenoxy) is 2. The van der Waals surface area contributed by atoms with E-state index in [-0.39, 0.29) is 78.7 Å². The Morgan fingerprint density at radius 2 is 1.66 bits per heavy atom. The van der Waals surface area contributed by atoms with Crippen LogP contribution in [0.1, 0.15) is 104 Å². The molecule has 4 aliphatic heterocycles. The first-order valence-electron chi connectivity index (χ1n) is 24.4. The topological polar surface area (TPSA) is 207 Å². The van der Waals surface area contributed by atoms with E-state index in [0.29, 0.717) is 62.8 Å². The second kappa shape index (κ2) is 24.5. The zero-order valence-corrected chi connectivity index (χ0v) is 41.2. The van der Waals surface area contributed by atoms with Gasteiger partial charge in [-0.25, -0.2) is 0 Å². The van der Waals surface area contributed by atoms with Gasteiger partial charge in [-0.1, -0.05) is 59.6 Å². The summed E-state index contributed by atoms with van der Waals surface area (Å²) in [6.07, 6.45) is 7.74. The Morgan fingerprint density at radius 3 is 2.25 bits per heavy atom. The number of aliphatic hydroxyl groups excluding tert-OH is 1. The summed E-state index contributed by atoms with van der Waals surface area (Å²) in [4.78, 5) is 99.1. The van der Waals surface area contributed by atoms with Crippen molar-refractivity contribution in [2.24, 2.45) is 23.7 Å². The Morgan fingerprint density at radius 1 is 0.955 bits per heavy atom. The molecule has 7 amide bonds. The van der Waals surface area contributed by atoms with E-state index < -0.39 is 42.3 Å². The van der Waals surface area contributed by atoms with Gasteiger partial charge in [-0.2, -0.15) is 0 Å². The molecule has 4 fully saturated rings. The molecule has 0 aromatic heterocycles. The standard InChI is InChI=1S/C50H77N7O10/c1-10-31(4)45(55(7)50(65)44(30(2)3)53-49(64)46-34-26-37(27-34)54(46)6)39(66-8)28-43(62)56-23-15-18-38(56)47(67-9)32(5)48(63)52-36(29-58)25-33-16-14-17-35(24-33)51-40(59)19-12-11-13-22-57-41(60)20-21-42(57)61/h14,16-17,20-21,24,30-32,34,36-39,44-47,58H,10-13,15,18-19,22-23,25-29H2,1-9H3,(H,51,59)(H,52,63)(H,53,64)/t31-,32+,34?,36-,37?,38-,39+,44-,45-,46-,47+/m0/s1. The van der Waals surface area contributed by atoms with E-state index in [1.807, 2.05) is 40.8 Å². The number of aliphatic hydroxyl groups is 1. The minimum absolute atomic E-state index is 0.000676. The van der Waals surface area contributed by atoms with Crippen LogP contribution >= 0.6 is 0 Å². The van der Waals surface area contributed by atoms with Crippen LogP contribution < -0.4 is 16.0 Å². The molecular formula is C50H77N7O10. The van der Waals surface area contributed by atoms with Crippen LogP contribution in [0.25, 0.3) is 0 Å². The molecule has 1 aromatic carbocycles. The fourth-order valence-electron chi connectivity index (χ4n) is 10.6. The van der Waals surface area contributed by atoms with Crippen molar-refractivity contribution in [2.45, 2.75) is 154 Å². The van der Waals surface area contributed by atoms with E-state index in [0.717, 1.165) is 31.2 Å². The summed E-state index contributed by atoms with van der Waals surface area (Å²) in [5, 5.41) is 19.4. The zero-order valence-electron chi connectivity index (χ0n) is 41.2. The molecule has 9 atom stereocenters. The minimum Gasteiger partial charge on any atom is -0.394 e.